The first kappa shape index (κ1) is 18.9. The summed E-state index contributed by atoms with van der Waals surface area (Å²) in [6.45, 7) is 0.0520. The third kappa shape index (κ3) is 4.91. The van der Waals surface area contributed by atoms with Crippen LogP contribution in [0.15, 0.2) is 80.0 Å². The zero-order chi connectivity index (χ0) is 20.1. The molecule has 0 aliphatic carbocycles. The van der Waals surface area contributed by atoms with Crippen molar-refractivity contribution in [1.29, 1.82) is 0 Å². The molecule has 2 aromatic carbocycles. The van der Waals surface area contributed by atoms with Crippen LogP contribution in [-0.4, -0.2) is 16.2 Å². The van der Waals surface area contributed by atoms with Crippen molar-refractivity contribution >= 4 is 21.9 Å². The van der Waals surface area contributed by atoms with Crippen molar-refractivity contribution in [3.8, 4) is 17.2 Å². The fourth-order valence-corrected chi connectivity index (χ4v) is 2.72. The second-order valence-corrected chi connectivity index (χ2v) is 6.87. The number of para-hydroxylation sites is 1. The number of esters is 1. The van der Waals surface area contributed by atoms with E-state index in [1.807, 2.05) is 54.6 Å². The van der Waals surface area contributed by atoms with Crippen LogP contribution in [0, 0.1) is 0 Å². The lowest BCUT2D eigenvalue weighted by atomic mass is 10.2. The molecule has 0 bridgehead atoms. The largest absolute Gasteiger partial charge is 0.486 e. The van der Waals surface area contributed by atoms with Crippen molar-refractivity contribution in [3.63, 3.8) is 0 Å². The molecule has 4 aromatic rings. The van der Waals surface area contributed by atoms with Gasteiger partial charge in [-0.2, -0.15) is 0 Å². The van der Waals surface area contributed by atoms with Crippen molar-refractivity contribution in [1.82, 2.24) is 10.2 Å². The number of furan rings is 1. The van der Waals surface area contributed by atoms with Crippen LogP contribution in [0.1, 0.15) is 22.2 Å². The number of aromatic nitrogens is 2. The number of hydrogen-bond acceptors (Lipinski definition) is 7. The minimum absolute atomic E-state index is 0.0734. The van der Waals surface area contributed by atoms with E-state index in [0.29, 0.717) is 17.4 Å². The number of benzene rings is 2. The van der Waals surface area contributed by atoms with E-state index >= 15 is 0 Å². The summed E-state index contributed by atoms with van der Waals surface area (Å²) in [6.07, 6.45) is 0. The highest BCUT2D eigenvalue weighted by atomic mass is 79.9. The number of ether oxygens (including phenoxy) is 2. The second kappa shape index (κ2) is 8.74. The van der Waals surface area contributed by atoms with E-state index in [1.54, 1.807) is 6.07 Å². The number of hydrogen-bond donors (Lipinski definition) is 0. The maximum Gasteiger partial charge on any atom is 0.374 e. The van der Waals surface area contributed by atoms with Crippen LogP contribution in [0.5, 0.6) is 5.75 Å². The number of carbonyl (C=O) groups is 1. The van der Waals surface area contributed by atoms with E-state index in [2.05, 4.69) is 26.1 Å². The molecule has 0 saturated heterocycles. The average Bonchev–Trinajstić information content (AvgIpc) is 3.42. The zero-order valence-corrected chi connectivity index (χ0v) is 16.7. The summed E-state index contributed by atoms with van der Waals surface area (Å²) in [7, 11) is 0. The van der Waals surface area contributed by atoms with Gasteiger partial charge in [0.2, 0.25) is 11.7 Å². The molecular weight excluding hydrogens is 440 g/mol. The summed E-state index contributed by atoms with van der Waals surface area (Å²) in [5.41, 5.74) is 0.771. The molecule has 2 heterocycles. The number of nitrogens with zero attached hydrogens (tertiary/aromatic N) is 2. The summed E-state index contributed by atoms with van der Waals surface area (Å²) in [5, 5.41) is 7.85. The van der Waals surface area contributed by atoms with E-state index < -0.39 is 5.97 Å². The lowest BCUT2D eigenvalue weighted by Gasteiger charge is -2.03. The van der Waals surface area contributed by atoms with Crippen molar-refractivity contribution in [2.24, 2.45) is 0 Å². The minimum Gasteiger partial charge on any atom is -0.486 e. The van der Waals surface area contributed by atoms with E-state index in [0.717, 1.165) is 10.0 Å². The first-order chi connectivity index (χ1) is 14.2. The predicted molar refractivity (Wildman–Crippen MR) is 106 cm³/mol. The summed E-state index contributed by atoms with van der Waals surface area (Å²) in [5.74, 6) is 1.21. The average molecular weight is 455 g/mol. The fourth-order valence-electron chi connectivity index (χ4n) is 2.46. The van der Waals surface area contributed by atoms with Crippen molar-refractivity contribution < 1.29 is 23.1 Å². The van der Waals surface area contributed by atoms with Crippen LogP contribution in [0.25, 0.3) is 11.5 Å². The molecule has 0 N–H and O–H groups in total. The van der Waals surface area contributed by atoms with Crippen LogP contribution in [0.4, 0.5) is 0 Å². The molecule has 0 spiro atoms. The van der Waals surface area contributed by atoms with Crippen LogP contribution in [-0.2, 0) is 18.0 Å². The van der Waals surface area contributed by atoms with Crippen molar-refractivity contribution in [3.05, 3.63) is 88.6 Å². The van der Waals surface area contributed by atoms with Gasteiger partial charge in [-0.3, -0.25) is 0 Å². The van der Waals surface area contributed by atoms with Gasteiger partial charge < -0.3 is 18.3 Å². The van der Waals surface area contributed by atoms with Gasteiger partial charge in [0.05, 0.1) is 0 Å². The molecule has 0 amide bonds. The van der Waals surface area contributed by atoms with Gasteiger partial charge in [0.1, 0.15) is 18.1 Å². The Bertz CT molecular complexity index is 1090. The molecule has 0 aliphatic rings. The molecule has 146 valence electrons. The van der Waals surface area contributed by atoms with Gasteiger partial charge in [-0.05, 0) is 48.5 Å². The quantitative estimate of drug-likeness (QED) is 0.361. The Hall–Kier alpha value is -3.39. The Balaban J connectivity index is 1.31. The first-order valence-corrected chi connectivity index (χ1v) is 9.49. The topological polar surface area (TPSA) is 87.6 Å². The molecule has 0 fully saturated rings. The monoisotopic (exact) mass is 454 g/mol. The standard InChI is InChI=1S/C21H15BrN2O5/c22-15-8-6-14(7-9-15)20-24-23-19(29-20)13-27-21(25)18-11-10-17(28-18)12-26-16-4-2-1-3-5-16/h1-11H,12-13H2. The Morgan fingerprint density at radius 2 is 1.69 bits per heavy atom. The molecule has 7 nitrogen and oxygen atoms in total. The van der Waals surface area contributed by atoms with Gasteiger partial charge in [-0.25, -0.2) is 4.79 Å². The highest BCUT2D eigenvalue weighted by Gasteiger charge is 2.16. The molecule has 0 aliphatic heterocycles. The lowest BCUT2D eigenvalue weighted by molar-refractivity contribution is 0.0398. The van der Waals surface area contributed by atoms with Gasteiger partial charge in [-0.15, -0.1) is 10.2 Å². The lowest BCUT2D eigenvalue weighted by Crippen LogP contribution is -2.04. The Morgan fingerprint density at radius 1 is 0.897 bits per heavy atom. The van der Waals surface area contributed by atoms with Crippen LogP contribution in [0.2, 0.25) is 0 Å². The molecule has 8 heteroatoms. The summed E-state index contributed by atoms with van der Waals surface area (Å²) < 4.78 is 22.7. The highest BCUT2D eigenvalue weighted by Crippen LogP contribution is 2.21. The SMILES string of the molecule is O=C(OCc1nnc(-c2ccc(Br)cc2)o1)c1ccc(COc2ccccc2)o1. The second-order valence-electron chi connectivity index (χ2n) is 5.95. The minimum atomic E-state index is -0.626. The van der Waals surface area contributed by atoms with Crippen molar-refractivity contribution in [2.75, 3.05) is 0 Å². The summed E-state index contributed by atoms with van der Waals surface area (Å²) >= 11 is 3.37. The zero-order valence-electron chi connectivity index (χ0n) is 15.1. The van der Waals surface area contributed by atoms with Crippen LogP contribution in [0.3, 0.4) is 0 Å². The van der Waals surface area contributed by atoms with Gasteiger partial charge in [0.25, 0.3) is 5.89 Å². The van der Waals surface area contributed by atoms with Gasteiger partial charge >= 0.3 is 5.97 Å². The Kier molecular flexibility index (Phi) is 5.71. The van der Waals surface area contributed by atoms with Crippen LogP contribution >= 0.6 is 15.9 Å². The van der Waals surface area contributed by atoms with E-state index in [4.69, 9.17) is 18.3 Å². The third-order valence-corrected chi connectivity index (χ3v) is 4.40. The van der Waals surface area contributed by atoms with E-state index in [-0.39, 0.29) is 24.9 Å². The fraction of sp³-hybridized carbons (Fsp3) is 0.0952. The maximum atomic E-state index is 12.2. The van der Waals surface area contributed by atoms with Crippen LogP contribution < -0.4 is 4.74 Å². The molecule has 0 saturated carbocycles. The smallest absolute Gasteiger partial charge is 0.374 e. The van der Waals surface area contributed by atoms with Crippen molar-refractivity contribution in [2.45, 2.75) is 13.2 Å². The molecule has 0 unspecified atom stereocenters. The Labute approximate surface area is 174 Å². The summed E-state index contributed by atoms with van der Waals surface area (Å²) in [6, 6.07) is 20.0. The van der Waals surface area contributed by atoms with E-state index in [1.165, 1.54) is 6.07 Å². The van der Waals surface area contributed by atoms with E-state index in [9.17, 15) is 4.79 Å². The molecule has 0 atom stereocenters. The van der Waals surface area contributed by atoms with Gasteiger partial charge in [0, 0.05) is 10.0 Å². The first-order valence-electron chi connectivity index (χ1n) is 8.69. The molecule has 2 aromatic heterocycles. The third-order valence-electron chi connectivity index (χ3n) is 3.87. The number of carbonyl (C=O) groups excluding carboxylic acids is 1. The molecule has 4 rings (SSSR count). The highest BCUT2D eigenvalue weighted by molar-refractivity contribution is 9.10. The molecule has 29 heavy (non-hydrogen) atoms. The summed E-state index contributed by atoms with van der Waals surface area (Å²) in [4.78, 5) is 12.2. The molecular formula is C21H15BrN2O5. The maximum absolute atomic E-state index is 12.2. The number of halogens is 1. The number of rotatable bonds is 7. The predicted octanol–water partition coefficient (Wildman–Crippen LogP) is 5.03. The normalized spacial score (nSPS) is 10.7. The Morgan fingerprint density at radius 3 is 2.48 bits per heavy atom. The van der Waals surface area contributed by atoms with Gasteiger partial charge in [-0.1, -0.05) is 34.1 Å². The van der Waals surface area contributed by atoms with Gasteiger partial charge in [0.15, 0.2) is 6.61 Å². The molecule has 0 radical (unpaired) electrons.